The monoisotopic (exact) mass is 264 g/mol. The fourth-order valence-electron chi connectivity index (χ4n) is 1.20. The number of nitrogens with one attached hydrogen (secondary N) is 2. The number of carboxylic acid groups (broad SMARTS) is 2. The van der Waals surface area contributed by atoms with Crippen molar-refractivity contribution in [1.82, 2.24) is 10.9 Å². The first-order valence-electron chi connectivity index (χ1n) is 5.35. The first-order chi connectivity index (χ1) is 7.90. The predicted octanol–water partition coefficient (Wildman–Crippen LogP) is 0.396. The molecule has 0 aliphatic heterocycles. The van der Waals surface area contributed by atoms with Gasteiger partial charge in [0.1, 0.15) is 12.1 Å². The summed E-state index contributed by atoms with van der Waals surface area (Å²) in [5, 5.41) is 17.8. The van der Waals surface area contributed by atoms with Gasteiger partial charge in [0.25, 0.3) is 0 Å². The van der Waals surface area contributed by atoms with Gasteiger partial charge in [-0.05, 0) is 24.3 Å². The van der Waals surface area contributed by atoms with E-state index in [1.165, 1.54) is 0 Å². The zero-order valence-electron chi connectivity index (χ0n) is 10.3. The molecule has 0 fully saturated rings. The number of hydrazine groups is 1. The highest BCUT2D eigenvalue weighted by Gasteiger charge is 2.24. The highest BCUT2D eigenvalue weighted by atomic mass is 32.2. The van der Waals surface area contributed by atoms with Crippen molar-refractivity contribution in [2.75, 3.05) is 12.0 Å². The lowest BCUT2D eigenvalue weighted by molar-refractivity contribution is -0.143. The summed E-state index contributed by atoms with van der Waals surface area (Å²) in [7, 11) is 0. The maximum Gasteiger partial charge on any atom is 0.322 e. The summed E-state index contributed by atoms with van der Waals surface area (Å²) in [6.07, 6.45) is 2.33. The number of thioether (sulfide) groups is 1. The van der Waals surface area contributed by atoms with Crippen LogP contribution in [0, 0.1) is 5.92 Å². The number of carbonyl (C=O) groups is 2. The molecule has 0 spiro atoms. The molecule has 0 aliphatic carbocycles. The van der Waals surface area contributed by atoms with Gasteiger partial charge < -0.3 is 10.2 Å². The van der Waals surface area contributed by atoms with Crippen LogP contribution in [-0.4, -0.2) is 46.2 Å². The maximum atomic E-state index is 10.9. The number of carboxylic acids is 2. The van der Waals surface area contributed by atoms with Crippen LogP contribution in [0.3, 0.4) is 0 Å². The Kier molecular flexibility index (Phi) is 7.94. The van der Waals surface area contributed by atoms with Gasteiger partial charge in [0.05, 0.1) is 0 Å². The number of aliphatic carboxylic acids is 2. The molecular weight excluding hydrogens is 244 g/mol. The molecule has 0 amide bonds. The summed E-state index contributed by atoms with van der Waals surface area (Å²) >= 11 is 1.55. The van der Waals surface area contributed by atoms with Crippen LogP contribution in [0.2, 0.25) is 0 Å². The first-order valence-corrected chi connectivity index (χ1v) is 6.75. The Labute approximate surface area is 105 Å². The van der Waals surface area contributed by atoms with Crippen molar-refractivity contribution >= 4 is 23.7 Å². The predicted molar refractivity (Wildman–Crippen MR) is 67.0 cm³/mol. The van der Waals surface area contributed by atoms with Crippen LogP contribution in [0.4, 0.5) is 0 Å². The third kappa shape index (κ3) is 6.50. The molecule has 0 saturated carbocycles. The Morgan fingerprint density at radius 2 is 1.76 bits per heavy atom. The molecule has 0 unspecified atom stereocenters. The average molecular weight is 264 g/mol. The van der Waals surface area contributed by atoms with E-state index in [9.17, 15) is 9.59 Å². The van der Waals surface area contributed by atoms with E-state index in [0.717, 1.165) is 0 Å². The lowest BCUT2D eigenvalue weighted by Gasteiger charge is -2.21. The standard InChI is InChI=1S/C10H20N2O4S/c1-6(2)8(10(15)16)12-11-7(9(13)14)4-5-17-3/h6-8,11-12H,4-5H2,1-3H3,(H,13,14)(H,15,16)/t7-,8-/m0/s1. The zero-order chi connectivity index (χ0) is 13.4. The van der Waals surface area contributed by atoms with Crippen LogP contribution in [0.25, 0.3) is 0 Å². The summed E-state index contributed by atoms with van der Waals surface area (Å²) < 4.78 is 0. The van der Waals surface area contributed by atoms with Crippen LogP contribution in [-0.2, 0) is 9.59 Å². The Bertz CT molecular complexity index is 261. The SMILES string of the molecule is CSCC[C@H](NN[C@H](C(=O)O)C(C)C)C(=O)O. The molecule has 0 heterocycles. The van der Waals surface area contributed by atoms with Gasteiger partial charge in [0, 0.05) is 0 Å². The molecule has 100 valence electrons. The average Bonchev–Trinajstić information content (AvgIpc) is 2.21. The summed E-state index contributed by atoms with van der Waals surface area (Å²) in [6.45, 7) is 3.51. The van der Waals surface area contributed by atoms with Crippen LogP contribution in [0.15, 0.2) is 0 Å². The highest BCUT2D eigenvalue weighted by molar-refractivity contribution is 7.98. The lowest BCUT2D eigenvalue weighted by atomic mass is 10.1. The van der Waals surface area contributed by atoms with Gasteiger partial charge in [0.15, 0.2) is 0 Å². The summed E-state index contributed by atoms with van der Waals surface area (Å²) in [5.74, 6) is -1.42. The number of hydrogen-bond acceptors (Lipinski definition) is 5. The molecule has 0 aromatic heterocycles. The topological polar surface area (TPSA) is 98.7 Å². The fourth-order valence-corrected chi connectivity index (χ4v) is 1.67. The van der Waals surface area contributed by atoms with Crippen molar-refractivity contribution in [2.45, 2.75) is 32.4 Å². The lowest BCUT2D eigenvalue weighted by Crippen LogP contribution is -2.54. The molecule has 0 saturated heterocycles. The minimum atomic E-state index is -0.999. The number of hydrogen-bond donors (Lipinski definition) is 4. The molecule has 4 N–H and O–H groups in total. The normalized spacial score (nSPS) is 14.6. The molecule has 2 atom stereocenters. The Hall–Kier alpha value is -0.790. The minimum Gasteiger partial charge on any atom is -0.480 e. The second-order valence-electron chi connectivity index (χ2n) is 4.02. The van der Waals surface area contributed by atoms with Gasteiger partial charge in [-0.3, -0.25) is 9.59 Å². The third-order valence-electron chi connectivity index (χ3n) is 2.25. The molecule has 0 aromatic carbocycles. The van der Waals surface area contributed by atoms with E-state index in [2.05, 4.69) is 10.9 Å². The van der Waals surface area contributed by atoms with E-state index in [1.807, 2.05) is 6.26 Å². The van der Waals surface area contributed by atoms with Crippen molar-refractivity contribution in [3.8, 4) is 0 Å². The van der Waals surface area contributed by atoms with E-state index >= 15 is 0 Å². The van der Waals surface area contributed by atoms with Gasteiger partial charge in [-0.2, -0.15) is 11.8 Å². The van der Waals surface area contributed by atoms with Crippen LogP contribution in [0.5, 0.6) is 0 Å². The van der Waals surface area contributed by atoms with Gasteiger partial charge >= 0.3 is 11.9 Å². The molecule has 0 bridgehead atoms. The Balaban J connectivity index is 4.26. The van der Waals surface area contributed by atoms with E-state index in [0.29, 0.717) is 12.2 Å². The van der Waals surface area contributed by atoms with Crippen LogP contribution in [0.1, 0.15) is 20.3 Å². The molecule has 17 heavy (non-hydrogen) atoms. The molecule has 6 nitrogen and oxygen atoms in total. The summed E-state index contributed by atoms with van der Waals surface area (Å²) in [4.78, 5) is 21.8. The fraction of sp³-hybridized carbons (Fsp3) is 0.800. The van der Waals surface area contributed by atoms with Crippen LogP contribution < -0.4 is 10.9 Å². The van der Waals surface area contributed by atoms with Crippen molar-refractivity contribution in [1.29, 1.82) is 0 Å². The summed E-state index contributed by atoms with van der Waals surface area (Å²) in [5.41, 5.74) is 5.14. The molecule has 0 radical (unpaired) electrons. The van der Waals surface area contributed by atoms with E-state index in [-0.39, 0.29) is 5.92 Å². The molecule has 7 heteroatoms. The third-order valence-corrected chi connectivity index (χ3v) is 2.90. The quantitative estimate of drug-likeness (QED) is 0.447. The number of rotatable bonds is 9. The van der Waals surface area contributed by atoms with Crippen molar-refractivity contribution < 1.29 is 19.8 Å². The van der Waals surface area contributed by atoms with Gasteiger partial charge in [-0.25, -0.2) is 10.9 Å². The second kappa shape index (κ2) is 8.32. The highest BCUT2D eigenvalue weighted by Crippen LogP contribution is 2.03. The largest absolute Gasteiger partial charge is 0.480 e. The van der Waals surface area contributed by atoms with Crippen molar-refractivity contribution in [3.05, 3.63) is 0 Å². The maximum absolute atomic E-state index is 10.9. The first kappa shape index (κ1) is 16.2. The molecule has 0 aromatic rings. The van der Waals surface area contributed by atoms with Crippen molar-refractivity contribution in [3.63, 3.8) is 0 Å². The van der Waals surface area contributed by atoms with Gasteiger partial charge in [-0.1, -0.05) is 13.8 Å². The smallest absolute Gasteiger partial charge is 0.322 e. The van der Waals surface area contributed by atoms with Crippen molar-refractivity contribution in [2.24, 2.45) is 5.92 Å². The second-order valence-corrected chi connectivity index (χ2v) is 5.01. The molecule has 0 rings (SSSR count). The molecular formula is C10H20N2O4S. The van der Waals surface area contributed by atoms with Crippen LogP contribution >= 0.6 is 11.8 Å². The van der Waals surface area contributed by atoms with Gasteiger partial charge in [0.2, 0.25) is 0 Å². The molecule has 0 aliphatic rings. The zero-order valence-corrected chi connectivity index (χ0v) is 11.1. The Morgan fingerprint density at radius 3 is 2.12 bits per heavy atom. The summed E-state index contributed by atoms with van der Waals surface area (Å²) in [6, 6.07) is -1.57. The van der Waals surface area contributed by atoms with E-state index in [4.69, 9.17) is 10.2 Å². The van der Waals surface area contributed by atoms with Gasteiger partial charge in [-0.15, -0.1) is 0 Å². The Morgan fingerprint density at radius 1 is 1.18 bits per heavy atom. The minimum absolute atomic E-state index is 0.130. The van der Waals surface area contributed by atoms with E-state index in [1.54, 1.807) is 25.6 Å². The van der Waals surface area contributed by atoms with E-state index < -0.39 is 24.0 Å².